The molecule has 1 aromatic rings. The molecule has 4 nitrogen and oxygen atoms in total. The Morgan fingerprint density at radius 3 is 2.74 bits per heavy atom. The molecule has 4 heteroatoms. The van der Waals surface area contributed by atoms with Gasteiger partial charge in [0, 0.05) is 31.1 Å². The Kier molecular flexibility index (Phi) is 3.95. The zero-order chi connectivity index (χ0) is 15.8. The molecule has 23 heavy (non-hydrogen) atoms. The second kappa shape index (κ2) is 6.10. The van der Waals surface area contributed by atoms with Gasteiger partial charge in [0.1, 0.15) is 5.82 Å². The van der Waals surface area contributed by atoms with Crippen LogP contribution in [-0.2, 0) is 13.2 Å². The number of rotatable bonds is 1. The maximum Gasteiger partial charge on any atom is 0.136 e. The van der Waals surface area contributed by atoms with Crippen LogP contribution >= 0.6 is 0 Å². The number of hydrogen-bond donors (Lipinski definition) is 1. The highest BCUT2D eigenvalue weighted by atomic mass is 16.3. The predicted molar refractivity (Wildman–Crippen MR) is 91.7 cm³/mol. The third kappa shape index (κ3) is 2.60. The largest absolute Gasteiger partial charge is 0.390 e. The van der Waals surface area contributed by atoms with Gasteiger partial charge < -0.3 is 14.6 Å². The lowest BCUT2D eigenvalue weighted by Crippen LogP contribution is -2.28. The second-order valence-corrected chi connectivity index (χ2v) is 6.95. The van der Waals surface area contributed by atoms with E-state index in [1.54, 1.807) is 5.57 Å². The Hall–Kier alpha value is -1.65. The third-order valence-corrected chi connectivity index (χ3v) is 5.58. The number of nitrogens with zero attached hydrogens (tertiary/aromatic N) is 3. The summed E-state index contributed by atoms with van der Waals surface area (Å²) in [7, 11) is 2.20. The quantitative estimate of drug-likeness (QED) is 0.867. The number of aromatic nitrogens is 2. The lowest BCUT2D eigenvalue weighted by molar-refractivity contribution is 0.269. The van der Waals surface area contributed by atoms with Gasteiger partial charge in [0.15, 0.2) is 0 Å². The predicted octanol–water partition coefficient (Wildman–Crippen LogP) is 2.62. The first kappa shape index (κ1) is 14.9. The monoisotopic (exact) mass is 311 g/mol. The van der Waals surface area contributed by atoms with Crippen molar-refractivity contribution >= 4 is 5.57 Å². The lowest BCUT2D eigenvalue weighted by Gasteiger charge is -2.30. The maximum absolute atomic E-state index is 9.65. The molecule has 0 amide bonds. The van der Waals surface area contributed by atoms with Gasteiger partial charge in [-0.1, -0.05) is 29.9 Å². The van der Waals surface area contributed by atoms with Crippen molar-refractivity contribution in [2.75, 3.05) is 20.1 Å². The number of imidazole rings is 1. The Morgan fingerprint density at radius 1 is 1.17 bits per heavy atom. The first-order valence-corrected chi connectivity index (χ1v) is 8.69. The molecule has 2 unspecified atom stereocenters. The molecule has 3 heterocycles. The summed E-state index contributed by atoms with van der Waals surface area (Å²) in [5.41, 5.74) is 3.94. The number of allylic oxidation sites excluding steroid dienone is 5. The topological polar surface area (TPSA) is 41.3 Å². The van der Waals surface area contributed by atoms with Crippen LogP contribution in [0.25, 0.3) is 5.57 Å². The summed E-state index contributed by atoms with van der Waals surface area (Å²) >= 11 is 0. The summed E-state index contributed by atoms with van der Waals surface area (Å²) < 4.78 is 2.25. The molecule has 122 valence electrons. The van der Waals surface area contributed by atoms with E-state index in [0.29, 0.717) is 11.8 Å². The summed E-state index contributed by atoms with van der Waals surface area (Å²) in [5, 5.41) is 9.65. The van der Waals surface area contributed by atoms with Crippen molar-refractivity contribution in [1.82, 2.24) is 14.5 Å². The third-order valence-electron chi connectivity index (χ3n) is 5.58. The summed E-state index contributed by atoms with van der Waals surface area (Å²) in [5.74, 6) is 2.09. The van der Waals surface area contributed by atoms with Gasteiger partial charge in [-0.3, -0.25) is 0 Å². The van der Waals surface area contributed by atoms with Gasteiger partial charge in [0.05, 0.1) is 18.5 Å². The molecule has 1 fully saturated rings. The van der Waals surface area contributed by atoms with Crippen LogP contribution in [0, 0.1) is 11.8 Å². The number of aliphatic hydroxyl groups excluding tert-OH is 1. The highest BCUT2D eigenvalue weighted by Crippen LogP contribution is 2.42. The van der Waals surface area contributed by atoms with E-state index in [0.717, 1.165) is 50.4 Å². The molecule has 1 aromatic heterocycles. The number of piperidine rings is 1. The molecule has 0 spiro atoms. The van der Waals surface area contributed by atoms with Crippen molar-refractivity contribution in [1.29, 1.82) is 0 Å². The van der Waals surface area contributed by atoms with Crippen LogP contribution in [0.1, 0.15) is 30.8 Å². The van der Waals surface area contributed by atoms with E-state index in [4.69, 9.17) is 4.98 Å². The average Bonchev–Trinajstić information content (AvgIpc) is 2.91. The van der Waals surface area contributed by atoms with E-state index >= 15 is 0 Å². The van der Waals surface area contributed by atoms with Crippen molar-refractivity contribution < 1.29 is 5.11 Å². The number of likely N-dealkylation sites (tertiary alicyclic amines) is 1. The smallest absolute Gasteiger partial charge is 0.136 e. The van der Waals surface area contributed by atoms with E-state index in [1.807, 2.05) is 6.20 Å². The van der Waals surface area contributed by atoms with Crippen molar-refractivity contribution in [2.24, 2.45) is 11.8 Å². The van der Waals surface area contributed by atoms with Crippen molar-refractivity contribution in [3.63, 3.8) is 0 Å². The second-order valence-electron chi connectivity index (χ2n) is 6.95. The first-order valence-electron chi connectivity index (χ1n) is 8.69. The summed E-state index contributed by atoms with van der Waals surface area (Å²) in [6.07, 6.45) is 14.3. The molecule has 0 bridgehead atoms. The molecular weight excluding hydrogens is 286 g/mol. The lowest BCUT2D eigenvalue weighted by atomic mass is 9.78. The first-order chi connectivity index (χ1) is 11.3. The Labute approximate surface area is 137 Å². The number of hydrogen-bond acceptors (Lipinski definition) is 3. The van der Waals surface area contributed by atoms with E-state index in [-0.39, 0.29) is 6.61 Å². The molecule has 1 aliphatic carbocycles. The molecule has 1 saturated heterocycles. The zero-order valence-electron chi connectivity index (χ0n) is 13.8. The Bertz CT molecular complexity index is 673. The Morgan fingerprint density at radius 2 is 1.96 bits per heavy atom. The number of aliphatic hydroxyl groups is 1. The van der Waals surface area contributed by atoms with Gasteiger partial charge in [-0.05, 0) is 32.2 Å². The van der Waals surface area contributed by atoms with Crippen molar-refractivity contribution in [3.8, 4) is 0 Å². The van der Waals surface area contributed by atoms with Gasteiger partial charge >= 0.3 is 0 Å². The van der Waals surface area contributed by atoms with E-state index in [2.05, 4.69) is 40.8 Å². The molecule has 1 N–H and O–H groups in total. The molecule has 3 aliphatic rings. The van der Waals surface area contributed by atoms with Gasteiger partial charge in [0.25, 0.3) is 0 Å². The SMILES string of the molecule is CN1CCC(=C2c3ncc(CO)n3CCC3C=CC=CC23)CC1. The minimum atomic E-state index is 0.0688. The molecule has 2 aliphatic heterocycles. The zero-order valence-corrected chi connectivity index (χ0v) is 13.8. The van der Waals surface area contributed by atoms with Crippen LogP contribution in [0.3, 0.4) is 0 Å². The standard InChI is InChI=1S/C19H25N3O/c1-21-9-6-15(7-10-21)18-17-5-3-2-4-14(17)8-11-22-16(13-23)12-20-19(18)22/h2-5,12,14,17,23H,6-11,13H2,1H3. The molecular formula is C19H25N3O. The van der Waals surface area contributed by atoms with Gasteiger partial charge in [0.2, 0.25) is 0 Å². The van der Waals surface area contributed by atoms with Gasteiger partial charge in [-0.25, -0.2) is 4.98 Å². The molecule has 0 saturated carbocycles. The van der Waals surface area contributed by atoms with Crippen LogP contribution in [0.15, 0.2) is 36.1 Å². The van der Waals surface area contributed by atoms with Crippen LogP contribution in [0.5, 0.6) is 0 Å². The van der Waals surface area contributed by atoms with Crippen molar-refractivity contribution in [2.45, 2.75) is 32.4 Å². The van der Waals surface area contributed by atoms with Crippen LogP contribution < -0.4 is 0 Å². The van der Waals surface area contributed by atoms with E-state index < -0.39 is 0 Å². The molecule has 0 aromatic carbocycles. The normalized spacial score (nSPS) is 27.7. The van der Waals surface area contributed by atoms with Crippen LogP contribution in [-0.4, -0.2) is 39.7 Å². The van der Waals surface area contributed by atoms with Crippen LogP contribution in [0.2, 0.25) is 0 Å². The number of fused-ring (bicyclic) bond motifs is 2. The summed E-state index contributed by atoms with van der Waals surface area (Å²) in [4.78, 5) is 7.13. The average molecular weight is 311 g/mol. The van der Waals surface area contributed by atoms with E-state index in [9.17, 15) is 5.11 Å². The minimum Gasteiger partial charge on any atom is -0.390 e. The van der Waals surface area contributed by atoms with Gasteiger partial charge in [-0.15, -0.1) is 0 Å². The van der Waals surface area contributed by atoms with Crippen LogP contribution in [0.4, 0.5) is 0 Å². The Balaban J connectivity index is 1.84. The molecule has 4 rings (SSSR count). The van der Waals surface area contributed by atoms with Crippen molar-refractivity contribution in [3.05, 3.63) is 47.6 Å². The highest BCUT2D eigenvalue weighted by Gasteiger charge is 2.32. The van der Waals surface area contributed by atoms with Gasteiger partial charge in [-0.2, -0.15) is 0 Å². The fraction of sp³-hybridized carbons (Fsp3) is 0.526. The molecule has 0 radical (unpaired) electrons. The fourth-order valence-corrected chi connectivity index (χ4v) is 4.22. The maximum atomic E-state index is 9.65. The fourth-order valence-electron chi connectivity index (χ4n) is 4.22. The molecule has 2 atom stereocenters. The summed E-state index contributed by atoms with van der Waals surface area (Å²) in [6.45, 7) is 3.27. The minimum absolute atomic E-state index is 0.0688. The highest BCUT2D eigenvalue weighted by molar-refractivity contribution is 5.70. The summed E-state index contributed by atoms with van der Waals surface area (Å²) in [6, 6.07) is 0. The van der Waals surface area contributed by atoms with E-state index in [1.165, 1.54) is 5.57 Å².